The predicted octanol–water partition coefficient (Wildman–Crippen LogP) is 0.0971. The van der Waals surface area contributed by atoms with E-state index in [1.165, 1.54) is 6.20 Å². The first kappa shape index (κ1) is 7.21. The molecule has 1 rings (SSSR count). The molecule has 0 amide bonds. The molecule has 5 heteroatoms. The number of ether oxygens (including phenoxy) is 1. The normalized spacial score (nSPS) is 22.9. The summed E-state index contributed by atoms with van der Waals surface area (Å²) >= 11 is 5.36. The van der Waals surface area contributed by atoms with E-state index in [1.807, 2.05) is 0 Å². The van der Waals surface area contributed by atoms with Crippen LogP contribution in [0.3, 0.4) is 0 Å². The van der Waals surface area contributed by atoms with Crippen molar-refractivity contribution >= 4 is 17.6 Å². The zero-order chi connectivity index (χ0) is 7.56. The minimum absolute atomic E-state index is 0.0920. The van der Waals surface area contributed by atoms with Crippen LogP contribution in [-0.4, -0.2) is 23.2 Å². The molecule has 1 heterocycles. The highest BCUT2D eigenvalue weighted by atomic mass is 35.5. The summed E-state index contributed by atoms with van der Waals surface area (Å²) in [7, 11) is 0. The third-order valence-corrected chi connectivity index (χ3v) is 1.30. The van der Waals surface area contributed by atoms with E-state index >= 15 is 0 Å². The van der Waals surface area contributed by atoms with Crippen molar-refractivity contribution in [1.29, 1.82) is 0 Å². The Morgan fingerprint density at radius 1 is 2.00 bits per heavy atom. The SMILES string of the molecule is O=C(O)C1=CNC(CCl)O1. The Balaban J connectivity index is 2.47. The van der Waals surface area contributed by atoms with Gasteiger partial charge in [-0.2, -0.15) is 0 Å². The molecule has 0 radical (unpaired) electrons. The molecular formula is C5H6ClNO3. The fourth-order valence-corrected chi connectivity index (χ4v) is 0.730. The van der Waals surface area contributed by atoms with Gasteiger partial charge in [0.15, 0.2) is 6.23 Å². The molecule has 0 saturated heterocycles. The molecule has 0 saturated carbocycles. The van der Waals surface area contributed by atoms with Crippen molar-refractivity contribution < 1.29 is 14.6 Å². The molecule has 0 fully saturated rings. The summed E-state index contributed by atoms with van der Waals surface area (Å²) in [5.74, 6) is -0.946. The van der Waals surface area contributed by atoms with Crippen LogP contribution in [0, 0.1) is 0 Å². The summed E-state index contributed by atoms with van der Waals surface area (Å²) in [6.45, 7) is 0. The lowest BCUT2D eigenvalue weighted by atomic mass is 10.6. The standard InChI is InChI=1S/C5H6ClNO3/c6-1-4-7-2-3(10-4)5(8)9/h2,4,7H,1H2,(H,8,9). The number of nitrogens with one attached hydrogen (secondary N) is 1. The maximum atomic E-state index is 10.2. The summed E-state index contributed by atoms with van der Waals surface area (Å²) < 4.78 is 4.79. The fraction of sp³-hybridized carbons (Fsp3) is 0.400. The predicted molar refractivity (Wildman–Crippen MR) is 34.4 cm³/mol. The van der Waals surface area contributed by atoms with Crippen molar-refractivity contribution in [2.24, 2.45) is 0 Å². The van der Waals surface area contributed by atoms with Gasteiger partial charge in [0.25, 0.3) is 0 Å². The number of halogens is 1. The molecule has 2 N–H and O–H groups in total. The highest BCUT2D eigenvalue weighted by Gasteiger charge is 2.20. The summed E-state index contributed by atoms with van der Waals surface area (Å²) in [4.78, 5) is 10.2. The number of aliphatic carboxylic acids is 1. The van der Waals surface area contributed by atoms with Gasteiger partial charge in [-0.25, -0.2) is 4.79 Å². The monoisotopic (exact) mass is 163 g/mol. The Kier molecular flexibility index (Phi) is 2.01. The largest absolute Gasteiger partial charge is 0.475 e. The molecule has 0 bridgehead atoms. The van der Waals surface area contributed by atoms with Crippen LogP contribution in [0.15, 0.2) is 12.0 Å². The van der Waals surface area contributed by atoms with E-state index in [0.717, 1.165) is 0 Å². The van der Waals surface area contributed by atoms with Crippen molar-refractivity contribution in [3.8, 4) is 0 Å². The van der Waals surface area contributed by atoms with Gasteiger partial charge in [-0.05, 0) is 0 Å². The molecule has 1 atom stereocenters. The lowest BCUT2D eigenvalue weighted by molar-refractivity contribution is -0.136. The molecule has 0 aromatic carbocycles. The Hall–Kier alpha value is -0.900. The van der Waals surface area contributed by atoms with Crippen LogP contribution in [-0.2, 0) is 9.53 Å². The Morgan fingerprint density at radius 2 is 2.70 bits per heavy atom. The molecule has 1 aliphatic heterocycles. The minimum Gasteiger partial charge on any atom is -0.475 e. The number of rotatable bonds is 2. The molecule has 0 aliphatic carbocycles. The number of carbonyl (C=O) groups is 1. The van der Waals surface area contributed by atoms with E-state index < -0.39 is 12.2 Å². The van der Waals surface area contributed by atoms with Crippen LogP contribution in [0.1, 0.15) is 0 Å². The highest BCUT2D eigenvalue weighted by molar-refractivity contribution is 6.18. The van der Waals surface area contributed by atoms with Crippen molar-refractivity contribution in [3.63, 3.8) is 0 Å². The maximum Gasteiger partial charge on any atom is 0.372 e. The quantitative estimate of drug-likeness (QED) is 0.567. The zero-order valence-electron chi connectivity index (χ0n) is 5.00. The van der Waals surface area contributed by atoms with Crippen LogP contribution >= 0.6 is 11.6 Å². The van der Waals surface area contributed by atoms with E-state index in [-0.39, 0.29) is 11.6 Å². The zero-order valence-corrected chi connectivity index (χ0v) is 5.76. The first-order chi connectivity index (χ1) is 4.74. The van der Waals surface area contributed by atoms with E-state index in [4.69, 9.17) is 21.4 Å². The Bertz CT molecular complexity index is 180. The number of alkyl halides is 1. The number of hydrogen-bond acceptors (Lipinski definition) is 3. The number of hydrogen-bond donors (Lipinski definition) is 2. The van der Waals surface area contributed by atoms with E-state index in [2.05, 4.69) is 5.32 Å². The topological polar surface area (TPSA) is 58.6 Å². The van der Waals surface area contributed by atoms with Gasteiger partial charge in [0.1, 0.15) is 0 Å². The van der Waals surface area contributed by atoms with Crippen LogP contribution in [0.2, 0.25) is 0 Å². The maximum absolute atomic E-state index is 10.2. The van der Waals surface area contributed by atoms with Gasteiger partial charge in [0.2, 0.25) is 5.76 Å². The average molecular weight is 164 g/mol. The van der Waals surface area contributed by atoms with Gasteiger partial charge in [-0.15, -0.1) is 11.6 Å². The molecule has 0 spiro atoms. The smallest absolute Gasteiger partial charge is 0.372 e. The highest BCUT2D eigenvalue weighted by Crippen LogP contribution is 2.08. The lowest BCUT2D eigenvalue weighted by Crippen LogP contribution is -2.22. The molecule has 1 aliphatic rings. The average Bonchev–Trinajstić information content (AvgIpc) is 2.34. The Morgan fingerprint density at radius 3 is 3.00 bits per heavy atom. The second-order valence-corrected chi connectivity index (χ2v) is 2.05. The third kappa shape index (κ3) is 1.33. The van der Waals surface area contributed by atoms with E-state index in [1.54, 1.807) is 0 Å². The molecule has 4 nitrogen and oxygen atoms in total. The van der Waals surface area contributed by atoms with Crippen molar-refractivity contribution in [2.75, 3.05) is 5.88 Å². The first-order valence-electron chi connectivity index (χ1n) is 2.66. The van der Waals surface area contributed by atoms with E-state index in [9.17, 15) is 4.79 Å². The van der Waals surface area contributed by atoms with Crippen molar-refractivity contribution in [3.05, 3.63) is 12.0 Å². The van der Waals surface area contributed by atoms with Crippen LogP contribution < -0.4 is 5.32 Å². The molecular weight excluding hydrogens is 158 g/mol. The van der Waals surface area contributed by atoms with Crippen LogP contribution in [0.4, 0.5) is 0 Å². The minimum atomic E-state index is -1.08. The molecule has 0 aromatic rings. The van der Waals surface area contributed by atoms with E-state index in [0.29, 0.717) is 0 Å². The van der Waals surface area contributed by atoms with Crippen molar-refractivity contribution in [2.45, 2.75) is 6.23 Å². The second-order valence-electron chi connectivity index (χ2n) is 1.74. The van der Waals surface area contributed by atoms with Gasteiger partial charge in [-0.3, -0.25) is 0 Å². The fourth-order valence-electron chi connectivity index (χ4n) is 0.578. The third-order valence-electron chi connectivity index (χ3n) is 1.02. The summed E-state index contributed by atoms with van der Waals surface area (Å²) in [6.07, 6.45) is 0.891. The molecule has 0 aromatic heterocycles. The van der Waals surface area contributed by atoms with Crippen molar-refractivity contribution in [1.82, 2.24) is 5.32 Å². The molecule has 10 heavy (non-hydrogen) atoms. The van der Waals surface area contributed by atoms with Gasteiger partial charge in [0.05, 0.1) is 5.88 Å². The molecule has 56 valence electrons. The lowest BCUT2D eigenvalue weighted by Gasteiger charge is -2.06. The number of carboxylic acid groups (broad SMARTS) is 1. The number of carboxylic acids is 1. The van der Waals surface area contributed by atoms with Crippen LogP contribution in [0.5, 0.6) is 0 Å². The van der Waals surface area contributed by atoms with Gasteiger partial charge < -0.3 is 15.2 Å². The van der Waals surface area contributed by atoms with Gasteiger partial charge >= 0.3 is 5.97 Å². The summed E-state index contributed by atoms with van der Waals surface area (Å²) in [5, 5.41) is 11.0. The van der Waals surface area contributed by atoms with Crippen LogP contribution in [0.25, 0.3) is 0 Å². The van der Waals surface area contributed by atoms with Gasteiger partial charge in [-0.1, -0.05) is 0 Å². The second kappa shape index (κ2) is 2.79. The molecule has 1 unspecified atom stereocenters. The summed E-state index contributed by atoms with van der Waals surface area (Å²) in [6, 6.07) is 0. The Labute approximate surface area is 62.4 Å². The van der Waals surface area contributed by atoms with Gasteiger partial charge in [0, 0.05) is 6.20 Å². The summed E-state index contributed by atoms with van der Waals surface area (Å²) in [5.41, 5.74) is 0. The first-order valence-corrected chi connectivity index (χ1v) is 3.19.